The second-order valence-electron chi connectivity index (χ2n) is 6.58. The van der Waals surface area contributed by atoms with Crippen molar-refractivity contribution in [3.63, 3.8) is 0 Å². The summed E-state index contributed by atoms with van der Waals surface area (Å²) in [6.07, 6.45) is 3.14. The lowest BCUT2D eigenvalue weighted by Crippen LogP contribution is -2.10. The number of hydrogen-bond donors (Lipinski definition) is 3. The molecule has 4 rings (SSSR count). The van der Waals surface area contributed by atoms with Crippen molar-refractivity contribution in [1.29, 1.82) is 5.26 Å². The van der Waals surface area contributed by atoms with E-state index in [1.54, 1.807) is 24.5 Å². The van der Waals surface area contributed by atoms with Crippen molar-refractivity contribution < 1.29 is 9.50 Å². The summed E-state index contributed by atoms with van der Waals surface area (Å²) in [6.45, 7) is 2.10. The number of nitrogens with one attached hydrogen (secondary N) is 2. The molecule has 9 nitrogen and oxygen atoms in total. The Morgan fingerprint density at radius 3 is 2.77 bits per heavy atom. The Balaban J connectivity index is 1.72. The Bertz CT molecular complexity index is 1290. The van der Waals surface area contributed by atoms with Crippen LogP contribution in [-0.4, -0.2) is 43.0 Å². The van der Waals surface area contributed by atoms with Gasteiger partial charge in [0, 0.05) is 36.0 Å². The van der Waals surface area contributed by atoms with E-state index in [-0.39, 0.29) is 22.9 Å². The zero-order valence-corrected chi connectivity index (χ0v) is 17.0. The molecule has 0 atom stereocenters. The van der Waals surface area contributed by atoms with E-state index >= 15 is 0 Å². The number of anilines is 3. The van der Waals surface area contributed by atoms with Crippen LogP contribution in [-0.2, 0) is 0 Å². The van der Waals surface area contributed by atoms with Crippen molar-refractivity contribution >= 4 is 40.1 Å². The average molecular weight is 439 g/mol. The van der Waals surface area contributed by atoms with Crippen molar-refractivity contribution in [3.8, 4) is 11.8 Å². The smallest absolute Gasteiger partial charge is 0.224 e. The van der Waals surface area contributed by atoms with E-state index in [0.29, 0.717) is 35.0 Å². The summed E-state index contributed by atoms with van der Waals surface area (Å²) in [5, 5.41) is 29.0. The fourth-order valence-electron chi connectivity index (χ4n) is 3.01. The maximum atomic E-state index is 14.7. The molecule has 0 aliphatic rings. The summed E-state index contributed by atoms with van der Waals surface area (Å²) < 4.78 is 16.0. The molecule has 3 heterocycles. The molecule has 0 saturated heterocycles. The Kier molecular flexibility index (Phi) is 5.62. The molecule has 0 unspecified atom stereocenters. The number of aliphatic hydroxyl groups excluding tert-OH is 1. The summed E-state index contributed by atoms with van der Waals surface area (Å²) in [5.41, 5.74) is 1.44. The topological polar surface area (TPSA) is 125 Å². The first-order chi connectivity index (χ1) is 15.0. The molecule has 0 amide bonds. The summed E-state index contributed by atoms with van der Waals surface area (Å²) in [6, 6.07) is 7.80. The van der Waals surface area contributed by atoms with E-state index in [2.05, 4.69) is 30.7 Å². The van der Waals surface area contributed by atoms with E-state index < -0.39 is 5.82 Å². The standard InChI is InChI=1S/C20H16ClFN8O/c1-11-4-18(29-20(27-11)24-2-3-31)28-17-7-16-13(9-25-17)10-26-30(16)19-14(21)5-12(8-23)6-15(19)22/h4-7,9-10,31H,2-3H2,1H3,(H2,24,25,27,28,29). The van der Waals surface area contributed by atoms with Gasteiger partial charge >= 0.3 is 0 Å². The first-order valence-electron chi connectivity index (χ1n) is 9.19. The van der Waals surface area contributed by atoms with Gasteiger partial charge in [-0.2, -0.15) is 15.3 Å². The van der Waals surface area contributed by atoms with Gasteiger partial charge in [0.25, 0.3) is 0 Å². The van der Waals surface area contributed by atoms with Crippen LogP contribution < -0.4 is 10.6 Å². The fourth-order valence-corrected chi connectivity index (χ4v) is 3.30. The van der Waals surface area contributed by atoms with Gasteiger partial charge in [-0.3, -0.25) is 0 Å². The summed E-state index contributed by atoms with van der Waals surface area (Å²) >= 11 is 6.23. The molecule has 11 heteroatoms. The predicted octanol–water partition coefficient (Wildman–Crippen LogP) is 3.33. The van der Waals surface area contributed by atoms with E-state index in [1.165, 1.54) is 10.7 Å². The predicted molar refractivity (Wildman–Crippen MR) is 114 cm³/mol. The Labute approximate surface area is 181 Å². The molecule has 0 aliphatic heterocycles. The largest absolute Gasteiger partial charge is 0.395 e. The number of nitriles is 1. The van der Waals surface area contributed by atoms with Crippen molar-refractivity contribution in [2.75, 3.05) is 23.8 Å². The maximum Gasteiger partial charge on any atom is 0.224 e. The van der Waals surface area contributed by atoms with E-state index in [4.69, 9.17) is 22.0 Å². The molecule has 1 aromatic carbocycles. The monoisotopic (exact) mass is 438 g/mol. The van der Waals surface area contributed by atoms with Crippen LogP contribution in [0, 0.1) is 24.1 Å². The SMILES string of the molecule is Cc1cc(Nc2cc3c(cn2)cnn3-c2c(F)cc(C#N)cc2Cl)nc(NCCO)n1. The van der Waals surface area contributed by atoms with Crippen molar-refractivity contribution in [3.05, 3.63) is 58.8 Å². The number of hydrogen-bond acceptors (Lipinski definition) is 8. The van der Waals surface area contributed by atoms with Crippen molar-refractivity contribution in [2.24, 2.45) is 0 Å². The van der Waals surface area contributed by atoms with Crippen LogP contribution >= 0.6 is 11.6 Å². The third kappa shape index (κ3) is 4.23. The quantitative estimate of drug-likeness (QED) is 0.418. The number of halogens is 2. The minimum atomic E-state index is -0.661. The summed E-state index contributed by atoms with van der Waals surface area (Å²) in [4.78, 5) is 12.9. The van der Waals surface area contributed by atoms with E-state index in [9.17, 15) is 4.39 Å². The second-order valence-corrected chi connectivity index (χ2v) is 6.99. The lowest BCUT2D eigenvalue weighted by atomic mass is 10.2. The first kappa shape index (κ1) is 20.5. The van der Waals surface area contributed by atoms with Crippen LogP contribution in [0.2, 0.25) is 5.02 Å². The highest BCUT2D eigenvalue weighted by molar-refractivity contribution is 6.32. The number of nitrogens with zero attached hydrogens (tertiary/aromatic N) is 6. The minimum absolute atomic E-state index is 0.0428. The second kappa shape index (κ2) is 8.51. The Morgan fingerprint density at radius 2 is 2.03 bits per heavy atom. The zero-order chi connectivity index (χ0) is 22.0. The highest BCUT2D eigenvalue weighted by Gasteiger charge is 2.16. The highest BCUT2D eigenvalue weighted by Crippen LogP contribution is 2.29. The normalized spacial score (nSPS) is 10.8. The molecule has 4 aromatic rings. The van der Waals surface area contributed by atoms with Crippen LogP contribution in [0.1, 0.15) is 11.3 Å². The molecule has 3 N–H and O–H groups in total. The van der Waals surface area contributed by atoms with Gasteiger partial charge in [0.15, 0.2) is 5.82 Å². The zero-order valence-electron chi connectivity index (χ0n) is 16.3. The number of aromatic nitrogens is 5. The molecule has 0 aliphatic carbocycles. The van der Waals surface area contributed by atoms with Crippen LogP contribution in [0.4, 0.5) is 22.0 Å². The number of fused-ring (bicyclic) bond motifs is 1. The van der Waals surface area contributed by atoms with Gasteiger partial charge in [-0.15, -0.1) is 0 Å². The molecule has 0 bridgehead atoms. The number of aliphatic hydroxyl groups is 1. The molecule has 0 fully saturated rings. The van der Waals surface area contributed by atoms with Crippen LogP contribution in [0.5, 0.6) is 0 Å². The van der Waals surface area contributed by atoms with Gasteiger partial charge in [0.05, 0.1) is 35.0 Å². The maximum absolute atomic E-state index is 14.7. The number of pyridine rings is 1. The van der Waals surface area contributed by atoms with Crippen molar-refractivity contribution in [2.45, 2.75) is 6.92 Å². The van der Waals surface area contributed by atoms with Gasteiger partial charge < -0.3 is 15.7 Å². The minimum Gasteiger partial charge on any atom is -0.395 e. The van der Waals surface area contributed by atoms with Gasteiger partial charge in [-0.1, -0.05) is 11.6 Å². The molecule has 0 radical (unpaired) electrons. The number of benzene rings is 1. The molecule has 3 aromatic heterocycles. The van der Waals surface area contributed by atoms with Crippen molar-refractivity contribution in [1.82, 2.24) is 24.7 Å². The highest BCUT2D eigenvalue weighted by atomic mass is 35.5. The summed E-state index contributed by atoms with van der Waals surface area (Å²) in [5.74, 6) is 0.652. The van der Waals surface area contributed by atoms with E-state index in [1.807, 2.05) is 13.0 Å². The van der Waals surface area contributed by atoms with Crippen LogP contribution in [0.3, 0.4) is 0 Å². The molecule has 0 saturated carbocycles. The van der Waals surface area contributed by atoms with Gasteiger partial charge in [-0.25, -0.2) is 19.0 Å². The Morgan fingerprint density at radius 1 is 1.19 bits per heavy atom. The van der Waals surface area contributed by atoms with Gasteiger partial charge in [0.1, 0.15) is 17.3 Å². The number of rotatable bonds is 6. The van der Waals surface area contributed by atoms with Gasteiger partial charge in [-0.05, 0) is 19.1 Å². The summed E-state index contributed by atoms with van der Waals surface area (Å²) in [7, 11) is 0. The molecule has 31 heavy (non-hydrogen) atoms. The third-order valence-electron chi connectivity index (χ3n) is 4.32. The molecular weight excluding hydrogens is 423 g/mol. The fraction of sp³-hybridized carbons (Fsp3) is 0.150. The molecule has 156 valence electrons. The third-order valence-corrected chi connectivity index (χ3v) is 4.60. The number of aryl methyl sites for hydroxylation is 1. The van der Waals surface area contributed by atoms with E-state index in [0.717, 1.165) is 11.8 Å². The van der Waals surface area contributed by atoms with Crippen LogP contribution in [0.15, 0.2) is 36.7 Å². The Hall–Kier alpha value is -3.81. The van der Waals surface area contributed by atoms with Crippen LogP contribution in [0.25, 0.3) is 16.6 Å². The average Bonchev–Trinajstić information content (AvgIpc) is 3.14. The lowest BCUT2D eigenvalue weighted by Gasteiger charge is -2.10. The lowest BCUT2D eigenvalue weighted by molar-refractivity contribution is 0.311. The van der Waals surface area contributed by atoms with Gasteiger partial charge in [0.2, 0.25) is 5.95 Å². The first-order valence-corrected chi connectivity index (χ1v) is 9.57. The molecular formula is C20H16ClFN8O. The molecule has 0 spiro atoms.